The molecule has 5 nitrogen and oxygen atoms in total. The Kier molecular flexibility index (Phi) is 3.37. The Morgan fingerprint density at radius 2 is 1.95 bits per heavy atom. The molecule has 1 aliphatic carbocycles. The van der Waals surface area contributed by atoms with Crippen LogP contribution < -0.4 is 5.73 Å². The summed E-state index contributed by atoms with van der Waals surface area (Å²) >= 11 is 0. The van der Waals surface area contributed by atoms with Gasteiger partial charge in [0.05, 0.1) is 6.04 Å². The molecule has 0 aromatic heterocycles. The zero-order valence-corrected chi connectivity index (χ0v) is 12.0. The van der Waals surface area contributed by atoms with Crippen LogP contribution in [0.3, 0.4) is 0 Å². The third-order valence-corrected chi connectivity index (χ3v) is 4.69. The van der Waals surface area contributed by atoms with Crippen molar-refractivity contribution in [3.63, 3.8) is 0 Å². The van der Waals surface area contributed by atoms with Crippen LogP contribution in [0.1, 0.15) is 46.5 Å². The van der Waals surface area contributed by atoms with Crippen molar-refractivity contribution in [3.05, 3.63) is 0 Å². The monoisotopic (exact) mass is 268 g/mol. The van der Waals surface area contributed by atoms with E-state index in [9.17, 15) is 14.7 Å². The number of carbonyl (C=O) groups is 2. The molecule has 0 radical (unpaired) electrons. The van der Waals surface area contributed by atoms with Gasteiger partial charge in [0.1, 0.15) is 6.04 Å². The van der Waals surface area contributed by atoms with Crippen molar-refractivity contribution in [2.75, 3.05) is 6.54 Å². The number of nitrogens with two attached hydrogens (primary N) is 1. The lowest BCUT2D eigenvalue weighted by Gasteiger charge is -2.38. The summed E-state index contributed by atoms with van der Waals surface area (Å²) in [7, 11) is 0. The molecular formula is C14H24N2O3. The molecule has 1 saturated heterocycles. The van der Waals surface area contributed by atoms with Gasteiger partial charge in [0, 0.05) is 6.54 Å². The minimum atomic E-state index is -0.904. The third-order valence-electron chi connectivity index (χ3n) is 4.69. The van der Waals surface area contributed by atoms with E-state index < -0.39 is 18.1 Å². The lowest BCUT2D eigenvalue weighted by atomic mass is 9.67. The summed E-state index contributed by atoms with van der Waals surface area (Å²) in [6.07, 6.45) is 3.79. The number of hydrogen-bond donors (Lipinski definition) is 2. The fourth-order valence-corrected chi connectivity index (χ4v) is 3.10. The first-order chi connectivity index (χ1) is 8.66. The molecule has 0 aromatic rings. The lowest BCUT2D eigenvalue weighted by molar-refractivity contribution is -0.149. The minimum absolute atomic E-state index is 0.0519. The van der Waals surface area contributed by atoms with Gasteiger partial charge in [0.15, 0.2) is 0 Å². The zero-order chi connectivity index (χ0) is 14.4. The van der Waals surface area contributed by atoms with E-state index in [1.165, 1.54) is 4.90 Å². The van der Waals surface area contributed by atoms with Gasteiger partial charge in [-0.05, 0) is 30.1 Å². The molecule has 0 bridgehead atoms. The van der Waals surface area contributed by atoms with Crippen molar-refractivity contribution in [2.24, 2.45) is 16.6 Å². The first-order valence-corrected chi connectivity index (χ1v) is 6.95. The summed E-state index contributed by atoms with van der Waals surface area (Å²) in [4.78, 5) is 25.4. The van der Waals surface area contributed by atoms with E-state index in [1.807, 2.05) is 20.8 Å². The van der Waals surface area contributed by atoms with Crippen molar-refractivity contribution in [2.45, 2.75) is 58.5 Å². The van der Waals surface area contributed by atoms with Gasteiger partial charge >= 0.3 is 5.97 Å². The normalized spacial score (nSPS) is 27.2. The summed E-state index contributed by atoms with van der Waals surface area (Å²) in [5, 5.41) is 9.33. The van der Waals surface area contributed by atoms with Crippen molar-refractivity contribution >= 4 is 11.9 Å². The fraction of sp³-hybridized carbons (Fsp3) is 0.857. The molecule has 108 valence electrons. The Bertz CT molecular complexity index is 396. The molecule has 2 aliphatic rings. The Hall–Kier alpha value is -1.10. The highest BCUT2D eigenvalue weighted by Gasteiger charge is 2.52. The molecule has 19 heavy (non-hydrogen) atoms. The largest absolute Gasteiger partial charge is 0.480 e. The van der Waals surface area contributed by atoms with Gasteiger partial charge < -0.3 is 15.7 Å². The number of amides is 1. The molecular weight excluding hydrogens is 244 g/mol. The molecule has 2 fully saturated rings. The molecule has 1 aliphatic heterocycles. The van der Waals surface area contributed by atoms with Crippen molar-refractivity contribution in [1.29, 1.82) is 0 Å². The number of aliphatic carboxylic acids is 1. The van der Waals surface area contributed by atoms with Crippen LogP contribution in [0.2, 0.25) is 0 Å². The van der Waals surface area contributed by atoms with E-state index in [4.69, 9.17) is 5.73 Å². The van der Waals surface area contributed by atoms with Gasteiger partial charge in [0.25, 0.3) is 0 Å². The Balaban J connectivity index is 2.17. The smallest absolute Gasteiger partial charge is 0.326 e. The second-order valence-corrected chi connectivity index (χ2v) is 7.22. The van der Waals surface area contributed by atoms with E-state index >= 15 is 0 Å². The predicted molar refractivity (Wildman–Crippen MR) is 71.5 cm³/mol. The van der Waals surface area contributed by atoms with Crippen LogP contribution >= 0.6 is 0 Å². The van der Waals surface area contributed by atoms with Crippen molar-refractivity contribution in [3.8, 4) is 0 Å². The predicted octanol–water partition coefficient (Wildman–Crippen LogP) is 1.22. The number of hydrogen-bond acceptors (Lipinski definition) is 3. The summed E-state index contributed by atoms with van der Waals surface area (Å²) in [5.74, 6) is -1.12. The van der Waals surface area contributed by atoms with Crippen LogP contribution in [0, 0.1) is 10.8 Å². The maximum Gasteiger partial charge on any atom is 0.326 e. The van der Waals surface area contributed by atoms with Crippen LogP contribution in [0.15, 0.2) is 0 Å². The number of carboxylic acids is 1. The number of rotatable bonds is 2. The number of carboxylic acid groups (broad SMARTS) is 1. The highest BCUT2D eigenvalue weighted by atomic mass is 16.4. The molecule has 1 heterocycles. The second-order valence-electron chi connectivity index (χ2n) is 7.22. The van der Waals surface area contributed by atoms with Gasteiger partial charge in [-0.2, -0.15) is 0 Å². The van der Waals surface area contributed by atoms with E-state index in [0.717, 1.165) is 19.3 Å². The molecule has 1 unspecified atom stereocenters. The molecule has 2 rings (SSSR count). The van der Waals surface area contributed by atoms with Crippen LogP contribution in [0.25, 0.3) is 0 Å². The van der Waals surface area contributed by atoms with Gasteiger partial charge in [-0.1, -0.05) is 27.2 Å². The maximum atomic E-state index is 12.5. The minimum Gasteiger partial charge on any atom is -0.480 e. The number of carbonyl (C=O) groups excluding carboxylic acids is 1. The van der Waals surface area contributed by atoms with Crippen LogP contribution in [0.5, 0.6) is 0 Å². The van der Waals surface area contributed by atoms with Crippen LogP contribution in [0.4, 0.5) is 0 Å². The summed E-state index contributed by atoms with van der Waals surface area (Å²) in [6.45, 7) is 6.27. The van der Waals surface area contributed by atoms with E-state index in [2.05, 4.69) is 0 Å². The van der Waals surface area contributed by atoms with E-state index in [0.29, 0.717) is 13.0 Å². The molecule has 5 heteroatoms. The average molecular weight is 268 g/mol. The third kappa shape index (κ3) is 2.48. The van der Waals surface area contributed by atoms with Crippen molar-refractivity contribution in [1.82, 2.24) is 4.90 Å². The topological polar surface area (TPSA) is 83.6 Å². The molecule has 2 atom stereocenters. The molecule has 1 amide bonds. The SMILES string of the molecule is CC(C)(C)[C@H](N)C(=O)N1CC2(CCC2)CC1C(=O)O. The highest BCUT2D eigenvalue weighted by Crippen LogP contribution is 2.50. The summed E-state index contributed by atoms with van der Waals surface area (Å²) < 4.78 is 0. The highest BCUT2D eigenvalue weighted by molar-refractivity contribution is 5.88. The lowest BCUT2D eigenvalue weighted by Crippen LogP contribution is -2.53. The molecule has 1 saturated carbocycles. The first kappa shape index (κ1) is 14.3. The van der Waals surface area contributed by atoms with Crippen LogP contribution in [-0.4, -0.2) is 40.5 Å². The van der Waals surface area contributed by atoms with Crippen molar-refractivity contribution < 1.29 is 14.7 Å². The fourth-order valence-electron chi connectivity index (χ4n) is 3.10. The van der Waals surface area contributed by atoms with E-state index in [1.54, 1.807) is 0 Å². The second kappa shape index (κ2) is 4.47. The van der Waals surface area contributed by atoms with Gasteiger partial charge in [-0.25, -0.2) is 4.79 Å². The Labute approximate surface area is 114 Å². The van der Waals surface area contributed by atoms with E-state index in [-0.39, 0.29) is 16.7 Å². The number of nitrogens with zero attached hydrogens (tertiary/aromatic N) is 1. The maximum absolute atomic E-state index is 12.5. The summed E-state index contributed by atoms with van der Waals surface area (Å²) in [5.41, 5.74) is 5.70. The summed E-state index contributed by atoms with van der Waals surface area (Å²) in [6, 6.07) is -1.34. The standard InChI is InChI=1S/C14H24N2O3/c1-13(2,3)10(15)11(17)16-8-14(5-4-6-14)7-9(16)12(18)19/h9-10H,4-8,15H2,1-3H3,(H,18,19)/t9?,10-/m1/s1. The quantitative estimate of drug-likeness (QED) is 0.788. The molecule has 0 aromatic carbocycles. The average Bonchev–Trinajstić information content (AvgIpc) is 2.66. The zero-order valence-electron chi connectivity index (χ0n) is 12.0. The molecule has 3 N–H and O–H groups in total. The van der Waals surface area contributed by atoms with Gasteiger partial charge in [0.2, 0.25) is 5.91 Å². The van der Waals surface area contributed by atoms with Gasteiger partial charge in [-0.3, -0.25) is 4.79 Å². The number of likely N-dealkylation sites (tertiary alicyclic amines) is 1. The Morgan fingerprint density at radius 3 is 2.32 bits per heavy atom. The Morgan fingerprint density at radius 1 is 1.37 bits per heavy atom. The van der Waals surface area contributed by atoms with Gasteiger partial charge in [-0.15, -0.1) is 0 Å². The van der Waals surface area contributed by atoms with Crippen LogP contribution in [-0.2, 0) is 9.59 Å². The molecule has 1 spiro atoms. The first-order valence-electron chi connectivity index (χ1n) is 6.95.